The molecule has 1 aromatic carbocycles. The van der Waals surface area contributed by atoms with Gasteiger partial charge in [-0.1, -0.05) is 6.07 Å². The Balaban J connectivity index is 2.44. The maximum Gasteiger partial charge on any atom is 0.416 e. The number of rotatable bonds is 2. The fourth-order valence-corrected chi connectivity index (χ4v) is 1.73. The number of nitrogens with zero attached hydrogens (tertiary/aromatic N) is 1. The second kappa shape index (κ2) is 3.99. The predicted octanol–water partition coefficient (Wildman–Crippen LogP) is 2.30. The zero-order valence-corrected chi connectivity index (χ0v) is 8.62. The van der Waals surface area contributed by atoms with Crippen LogP contribution in [0.5, 0.6) is 0 Å². The van der Waals surface area contributed by atoms with Crippen LogP contribution >= 0.6 is 0 Å². The van der Waals surface area contributed by atoms with Crippen molar-refractivity contribution in [3.8, 4) is 0 Å². The van der Waals surface area contributed by atoms with Crippen LogP contribution in [0.15, 0.2) is 18.2 Å². The molecule has 0 aromatic heterocycles. The Hall–Kier alpha value is -1.63. The summed E-state index contributed by atoms with van der Waals surface area (Å²) in [4.78, 5) is 10.0. The minimum absolute atomic E-state index is 0.0716. The molecule has 0 aliphatic carbocycles. The molecule has 1 fully saturated rings. The van der Waals surface area contributed by atoms with E-state index in [0.717, 1.165) is 6.07 Å². The van der Waals surface area contributed by atoms with Gasteiger partial charge in [-0.3, -0.25) is 10.1 Å². The molecule has 0 amide bonds. The number of alkyl halides is 3. The number of halogens is 3. The van der Waals surface area contributed by atoms with Crippen LogP contribution < -0.4 is 5.32 Å². The molecule has 0 atom stereocenters. The lowest BCUT2D eigenvalue weighted by atomic mass is 9.91. The molecule has 2 rings (SSSR count). The van der Waals surface area contributed by atoms with Gasteiger partial charge in [-0.2, -0.15) is 13.2 Å². The molecule has 0 spiro atoms. The van der Waals surface area contributed by atoms with E-state index >= 15 is 0 Å². The Morgan fingerprint density at radius 3 is 2.41 bits per heavy atom. The van der Waals surface area contributed by atoms with Crippen LogP contribution in [0, 0.1) is 10.1 Å². The molecule has 0 saturated carbocycles. The average molecular weight is 246 g/mol. The first-order valence-corrected chi connectivity index (χ1v) is 4.96. The molecule has 0 unspecified atom stereocenters. The number of nitro benzene ring substituents is 1. The van der Waals surface area contributed by atoms with Crippen molar-refractivity contribution < 1.29 is 18.1 Å². The van der Waals surface area contributed by atoms with E-state index in [1.807, 2.05) is 0 Å². The number of hydrogen-bond donors (Lipinski definition) is 1. The van der Waals surface area contributed by atoms with Crippen LogP contribution in [0.4, 0.5) is 18.9 Å². The maximum atomic E-state index is 12.4. The molecule has 1 saturated heterocycles. The van der Waals surface area contributed by atoms with Crippen molar-refractivity contribution in [1.29, 1.82) is 0 Å². The summed E-state index contributed by atoms with van der Waals surface area (Å²) < 4.78 is 37.3. The number of hydrogen-bond acceptors (Lipinski definition) is 3. The van der Waals surface area contributed by atoms with Gasteiger partial charge < -0.3 is 5.32 Å². The quantitative estimate of drug-likeness (QED) is 0.643. The zero-order valence-electron chi connectivity index (χ0n) is 8.62. The van der Waals surface area contributed by atoms with Crippen LogP contribution in [0.3, 0.4) is 0 Å². The van der Waals surface area contributed by atoms with Crippen LogP contribution in [-0.4, -0.2) is 18.0 Å². The average Bonchev–Trinajstić information content (AvgIpc) is 2.13. The molecule has 0 radical (unpaired) electrons. The predicted molar refractivity (Wildman–Crippen MR) is 53.7 cm³/mol. The van der Waals surface area contributed by atoms with Gasteiger partial charge in [0.25, 0.3) is 5.69 Å². The highest BCUT2D eigenvalue weighted by molar-refractivity contribution is 5.47. The Labute approximate surface area is 94.6 Å². The van der Waals surface area contributed by atoms with E-state index in [9.17, 15) is 23.3 Å². The van der Waals surface area contributed by atoms with Gasteiger partial charge in [0.05, 0.1) is 10.5 Å². The first-order chi connectivity index (χ1) is 7.89. The summed E-state index contributed by atoms with van der Waals surface area (Å²) in [6.45, 7) is 1.12. The summed E-state index contributed by atoms with van der Waals surface area (Å²) in [5.41, 5.74) is -1.08. The van der Waals surface area contributed by atoms with E-state index in [-0.39, 0.29) is 5.92 Å². The molecule has 17 heavy (non-hydrogen) atoms. The fraction of sp³-hybridized carbons (Fsp3) is 0.400. The maximum absolute atomic E-state index is 12.4. The molecule has 92 valence electrons. The molecule has 1 heterocycles. The van der Waals surface area contributed by atoms with E-state index in [4.69, 9.17) is 0 Å². The van der Waals surface area contributed by atoms with Gasteiger partial charge in [0.15, 0.2) is 0 Å². The second-order valence-corrected chi connectivity index (χ2v) is 3.88. The van der Waals surface area contributed by atoms with Crippen LogP contribution in [0.1, 0.15) is 17.0 Å². The third kappa shape index (κ3) is 2.23. The van der Waals surface area contributed by atoms with Crippen LogP contribution in [0.2, 0.25) is 0 Å². The molecule has 1 aliphatic rings. The summed E-state index contributed by atoms with van der Waals surface area (Å²) in [5.74, 6) is -0.0716. The molecule has 1 aromatic rings. The minimum Gasteiger partial charge on any atom is -0.315 e. The first kappa shape index (κ1) is 11.8. The van der Waals surface area contributed by atoms with E-state index in [0.29, 0.717) is 24.7 Å². The van der Waals surface area contributed by atoms with Crippen molar-refractivity contribution in [3.63, 3.8) is 0 Å². The van der Waals surface area contributed by atoms with Crippen molar-refractivity contribution in [2.24, 2.45) is 0 Å². The number of benzene rings is 1. The highest BCUT2D eigenvalue weighted by atomic mass is 19.4. The van der Waals surface area contributed by atoms with E-state index < -0.39 is 22.4 Å². The number of nitro groups is 1. The lowest BCUT2D eigenvalue weighted by Crippen LogP contribution is -2.40. The van der Waals surface area contributed by atoms with Crippen molar-refractivity contribution in [2.45, 2.75) is 12.1 Å². The summed E-state index contributed by atoms with van der Waals surface area (Å²) >= 11 is 0. The summed E-state index contributed by atoms with van der Waals surface area (Å²) in [6, 6.07) is 2.70. The standard InChI is InChI=1S/C10H9F3N2O2/c11-10(12,13)7-1-2-8(6-4-14-5-6)9(3-7)15(16)17/h1-3,6,14H,4-5H2. The molecule has 1 aliphatic heterocycles. The van der Waals surface area contributed by atoms with Crippen molar-refractivity contribution >= 4 is 5.69 Å². The fourth-order valence-electron chi connectivity index (χ4n) is 1.73. The Morgan fingerprint density at radius 1 is 1.35 bits per heavy atom. The first-order valence-electron chi connectivity index (χ1n) is 4.96. The molecule has 4 nitrogen and oxygen atoms in total. The van der Waals surface area contributed by atoms with Gasteiger partial charge in [0, 0.05) is 30.6 Å². The third-order valence-electron chi connectivity index (χ3n) is 2.78. The third-order valence-corrected chi connectivity index (χ3v) is 2.78. The topological polar surface area (TPSA) is 55.2 Å². The van der Waals surface area contributed by atoms with Gasteiger partial charge in [0.1, 0.15) is 0 Å². The van der Waals surface area contributed by atoms with E-state index in [1.165, 1.54) is 6.07 Å². The SMILES string of the molecule is O=[N+]([O-])c1cc(C(F)(F)F)ccc1C1CNC1. The molecular formula is C10H9F3N2O2. The lowest BCUT2D eigenvalue weighted by Gasteiger charge is -2.27. The van der Waals surface area contributed by atoms with Crippen molar-refractivity contribution in [2.75, 3.05) is 13.1 Å². The van der Waals surface area contributed by atoms with E-state index in [2.05, 4.69) is 5.32 Å². The van der Waals surface area contributed by atoms with Crippen molar-refractivity contribution in [3.05, 3.63) is 39.4 Å². The highest BCUT2D eigenvalue weighted by Crippen LogP contribution is 2.36. The molecule has 7 heteroatoms. The van der Waals surface area contributed by atoms with Gasteiger partial charge in [-0.25, -0.2) is 0 Å². The molecular weight excluding hydrogens is 237 g/mol. The molecule has 1 N–H and O–H groups in total. The largest absolute Gasteiger partial charge is 0.416 e. The normalized spacial score (nSPS) is 16.6. The van der Waals surface area contributed by atoms with Gasteiger partial charge in [0.2, 0.25) is 0 Å². The lowest BCUT2D eigenvalue weighted by molar-refractivity contribution is -0.386. The number of nitrogens with one attached hydrogen (secondary N) is 1. The highest BCUT2D eigenvalue weighted by Gasteiger charge is 2.34. The molecule has 0 bridgehead atoms. The van der Waals surface area contributed by atoms with E-state index in [1.54, 1.807) is 0 Å². The summed E-state index contributed by atoms with van der Waals surface area (Å²) in [6.07, 6.45) is -4.55. The Bertz CT molecular complexity index is 455. The minimum atomic E-state index is -4.55. The summed E-state index contributed by atoms with van der Waals surface area (Å²) in [5, 5.41) is 13.7. The Kier molecular flexibility index (Phi) is 2.78. The Morgan fingerprint density at radius 2 is 2.00 bits per heavy atom. The summed E-state index contributed by atoms with van der Waals surface area (Å²) in [7, 11) is 0. The monoisotopic (exact) mass is 246 g/mol. The second-order valence-electron chi connectivity index (χ2n) is 3.88. The van der Waals surface area contributed by atoms with Gasteiger partial charge in [-0.15, -0.1) is 0 Å². The zero-order chi connectivity index (χ0) is 12.6. The van der Waals surface area contributed by atoms with Gasteiger partial charge >= 0.3 is 6.18 Å². The van der Waals surface area contributed by atoms with Crippen LogP contribution in [-0.2, 0) is 6.18 Å². The van der Waals surface area contributed by atoms with Crippen LogP contribution in [0.25, 0.3) is 0 Å². The smallest absolute Gasteiger partial charge is 0.315 e. The van der Waals surface area contributed by atoms with Gasteiger partial charge in [-0.05, 0) is 6.07 Å². The van der Waals surface area contributed by atoms with Crippen molar-refractivity contribution in [1.82, 2.24) is 5.32 Å².